The van der Waals surface area contributed by atoms with Crippen LogP contribution in [0.1, 0.15) is 56.6 Å². The third-order valence-electron chi connectivity index (χ3n) is 7.51. The molecule has 34 heavy (non-hydrogen) atoms. The van der Waals surface area contributed by atoms with Crippen LogP contribution >= 0.6 is 0 Å². The van der Waals surface area contributed by atoms with E-state index in [1.54, 1.807) is 0 Å². The van der Waals surface area contributed by atoms with Crippen molar-refractivity contribution in [2.45, 2.75) is 51.0 Å². The quantitative estimate of drug-likeness (QED) is 0.751. The number of benzene rings is 1. The summed E-state index contributed by atoms with van der Waals surface area (Å²) in [6, 6.07) is 8.63. The summed E-state index contributed by atoms with van der Waals surface area (Å²) in [5, 5.41) is 0. The van der Waals surface area contributed by atoms with Crippen molar-refractivity contribution in [1.82, 2.24) is 19.8 Å². The first-order valence-corrected chi connectivity index (χ1v) is 12.3. The number of aliphatic imine (C=N–C) groups is 1. The lowest BCUT2D eigenvalue weighted by Crippen LogP contribution is -2.49. The number of nitrogens with two attached hydrogens (primary N) is 1. The van der Waals surface area contributed by atoms with Gasteiger partial charge in [0.1, 0.15) is 11.9 Å². The van der Waals surface area contributed by atoms with Crippen molar-refractivity contribution in [3.63, 3.8) is 0 Å². The van der Waals surface area contributed by atoms with Crippen LogP contribution in [-0.4, -0.2) is 70.2 Å². The maximum absolute atomic E-state index is 13.0. The molecule has 1 amide bonds. The zero-order valence-corrected chi connectivity index (χ0v) is 20.3. The Balaban J connectivity index is 1.26. The molecule has 1 aliphatic carbocycles. The topological polar surface area (TPSA) is 96.9 Å². The van der Waals surface area contributed by atoms with Gasteiger partial charge in [0.05, 0.1) is 5.71 Å². The lowest BCUT2D eigenvalue weighted by Gasteiger charge is -2.36. The molecule has 3 aliphatic rings. The van der Waals surface area contributed by atoms with Crippen LogP contribution in [0.25, 0.3) is 0 Å². The van der Waals surface area contributed by atoms with E-state index in [-0.39, 0.29) is 5.92 Å². The number of hydrogen-bond donors (Lipinski definition) is 1. The number of carbonyl (C=O) groups is 1. The fourth-order valence-corrected chi connectivity index (χ4v) is 5.38. The first-order chi connectivity index (χ1) is 16.3. The molecule has 0 unspecified atom stereocenters. The molecule has 1 saturated carbocycles. The van der Waals surface area contributed by atoms with E-state index in [4.69, 9.17) is 15.5 Å². The van der Waals surface area contributed by atoms with Gasteiger partial charge in [-0.25, -0.2) is 9.98 Å². The summed E-state index contributed by atoms with van der Waals surface area (Å²) in [6.07, 6.45) is 5.45. The number of aromatic nitrogens is 2. The van der Waals surface area contributed by atoms with Crippen molar-refractivity contribution in [1.29, 1.82) is 0 Å². The molecule has 2 fully saturated rings. The van der Waals surface area contributed by atoms with Crippen LogP contribution in [0.3, 0.4) is 0 Å². The number of likely N-dealkylation sites (N-methyl/N-ethyl adjacent to an activating group) is 1. The number of anilines is 1. The number of piperazine rings is 1. The summed E-state index contributed by atoms with van der Waals surface area (Å²) < 4.78 is 6.10. The molecule has 0 atom stereocenters. The first kappa shape index (κ1) is 22.8. The molecule has 5 rings (SSSR count). The molecule has 1 saturated heterocycles. The van der Waals surface area contributed by atoms with Crippen LogP contribution in [-0.2, 0) is 4.79 Å². The van der Waals surface area contributed by atoms with Crippen LogP contribution in [0.15, 0.2) is 35.6 Å². The van der Waals surface area contributed by atoms with E-state index in [2.05, 4.69) is 51.1 Å². The highest BCUT2D eigenvalue weighted by molar-refractivity contribution is 6.09. The molecule has 2 N–H and O–H groups in total. The van der Waals surface area contributed by atoms with Gasteiger partial charge in [-0.3, -0.25) is 4.79 Å². The lowest BCUT2D eigenvalue weighted by molar-refractivity contribution is -0.138. The van der Waals surface area contributed by atoms with Crippen LogP contribution < -0.4 is 10.5 Å². The van der Waals surface area contributed by atoms with Crippen LogP contribution in [0.4, 0.5) is 11.5 Å². The molecule has 0 radical (unpaired) electrons. The predicted octanol–water partition coefficient (Wildman–Crippen LogP) is 3.40. The molecule has 1 aromatic heterocycles. The van der Waals surface area contributed by atoms with Gasteiger partial charge >= 0.3 is 0 Å². The van der Waals surface area contributed by atoms with Crippen LogP contribution in [0.5, 0.6) is 5.88 Å². The molecule has 3 heterocycles. The standard InChI is InChI=1S/C26H34N6O2/c1-26(2)22(30-21-23(27)28-16-29-24(21)34-26)19-8-4-17(5-9-19)18-6-10-20(11-7-18)25(33)32-14-12-31(3)13-15-32/h4-5,8-9,16,18,20H,6-7,10-15H2,1-3H3,(H2,27,28,29). The van der Waals surface area contributed by atoms with E-state index in [0.29, 0.717) is 29.2 Å². The lowest BCUT2D eigenvalue weighted by atomic mass is 9.78. The zero-order chi connectivity index (χ0) is 23.9. The van der Waals surface area contributed by atoms with Crippen molar-refractivity contribution in [2.75, 3.05) is 39.0 Å². The Labute approximate surface area is 201 Å². The van der Waals surface area contributed by atoms with E-state index in [9.17, 15) is 4.79 Å². The monoisotopic (exact) mass is 462 g/mol. The summed E-state index contributed by atoms with van der Waals surface area (Å²) in [5.41, 5.74) is 9.02. The Morgan fingerprint density at radius 3 is 2.38 bits per heavy atom. The summed E-state index contributed by atoms with van der Waals surface area (Å²) >= 11 is 0. The molecule has 8 nitrogen and oxygen atoms in total. The maximum atomic E-state index is 13.0. The fraction of sp³-hybridized carbons (Fsp3) is 0.538. The molecular formula is C26H34N6O2. The Morgan fingerprint density at radius 2 is 1.71 bits per heavy atom. The van der Waals surface area contributed by atoms with Gasteiger partial charge in [-0.2, -0.15) is 4.98 Å². The number of carbonyl (C=O) groups excluding carboxylic acids is 1. The van der Waals surface area contributed by atoms with E-state index in [0.717, 1.165) is 63.1 Å². The highest BCUT2D eigenvalue weighted by atomic mass is 16.5. The number of ether oxygens (including phenoxy) is 1. The highest BCUT2D eigenvalue weighted by Crippen LogP contribution is 2.40. The van der Waals surface area contributed by atoms with E-state index >= 15 is 0 Å². The first-order valence-electron chi connectivity index (χ1n) is 12.3. The second-order valence-electron chi connectivity index (χ2n) is 10.3. The molecule has 2 aliphatic heterocycles. The number of fused-ring (bicyclic) bond motifs is 1. The molecule has 0 spiro atoms. The minimum absolute atomic E-state index is 0.182. The maximum Gasteiger partial charge on any atom is 0.246 e. The number of rotatable bonds is 3. The van der Waals surface area contributed by atoms with Crippen molar-refractivity contribution in [2.24, 2.45) is 10.9 Å². The molecule has 0 bridgehead atoms. The number of amides is 1. The molecular weight excluding hydrogens is 428 g/mol. The van der Waals surface area contributed by atoms with E-state index < -0.39 is 5.60 Å². The minimum atomic E-state index is -0.628. The van der Waals surface area contributed by atoms with Gasteiger partial charge in [-0.05, 0) is 58.1 Å². The number of nitrogens with zero attached hydrogens (tertiary/aromatic N) is 5. The Bertz CT molecular complexity index is 1080. The molecule has 2 aromatic rings. The smallest absolute Gasteiger partial charge is 0.246 e. The Kier molecular flexibility index (Phi) is 6.02. The second kappa shape index (κ2) is 8.98. The number of hydrogen-bond acceptors (Lipinski definition) is 7. The highest BCUT2D eigenvalue weighted by Gasteiger charge is 2.35. The molecule has 8 heteroatoms. The van der Waals surface area contributed by atoms with Gasteiger partial charge in [0.2, 0.25) is 11.8 Å². The molecule has 1 aromatic carbocycles. The minimum Gasteiger partial charge on any atom is -0.463 e. The summed E-state index contributed by atoms with van der Waals surface area (Å²) in [4.78, 5) is 30.3. The van der Waals surface area contributed by atoms with Crippen molar-refractivity contribution >= 4 is 23.1 Å². The Hall–Kier alpha value is -3.00. The van der Waals surface area contributed by atoms with Gasteiger partial charge in [-0.15, -0.1) is 0 Å². The number of nitrogen functional groups attached to an aromatic ring is 1. The van der Waals surface area contributed by atoms with E-state index in [1.165, 1.54) is 11.9 Å². The summed E-state index contributed by atoms with van der Waals surface area (Å²) in [6.45, 7) is 7.66. The predicted molar refractivity (Wildman–Crippen MR) is 133 cm³/mol. The van der Waals surface area contributed by atoms with Crippen molar-refractivity contribution < 1.29 is 9.53 Å². The summed E-state index contributed by atoms with van der Waals surface area (Å²) in [5.74, 6) is 1.77. The zero-order valence-electron chi connectivity index (χ0n) is 20.3. The van der Waals surface area contributed by atoms with Crippen LogP contribution in [0.2, 0.25) is 0 Å². The average Bonchev–Trinajstić information content (AvgIpc) is 2.84. The van der Waals surface area contributed by atoms with Gasteiger partial charge < -0.3 is 20.3 Å². The van der Waals surface area contributed by atoms with Gasteiger partial charge in [0.25, 0.3) is 0 Å². The summed E-state index contributed by atoms with van der Waals surface area (Å²) in [7, 11) is 2.12. The van der Waals surface area contributed by atoms with Gasteiger partial charge in [0, 0.05) is 37.7 Å². The fourth-order valence-electron chi connectivity index (χ4n) is 5.38. The largest absolute Gasteiger partial charge is 0.463 e. The van der Waals surface area contributed by atoms with Gasteiger partial charge in [0.15, 0.2) is 11.5 Å². The van der Waals surface area contributed by atoms with Crippen molar-refractivity contribution in [3.05, 3.63) is 41.7 Å². The van der Waals surface area contributed by atoms with Gasteiger partial charge in [-0.1, -0.05) is 24.3 Å². The molecule has 180 valence electrons. The van der Waals surface area contributed by atoms with E-state index in [1.807, 2.05) is 13.8 Å². The van der Waals surface area contributed by atoms with Crippen LogP contribution in [0, 0.1) is 5.92 Å². The van der Waals surface area contributed by atoms with Crippen molar-refractivity contribution in [3.8, 4) is 5.88 Å². The third kappa shape index (κ3) is 4.39. The second-order valence-corrected chi connectivity index (χ2v) is 10.3. The Morgan fingerprint density at radius 1 is 1.03 bits per heavy atom. The average molecular weight is 463 g/mol. The third-order valence-corrected chi connectivity index (χ3v) is 7.51. The normalized spacial score (nSPS) is 24.7. The SMILES string of the molecule is CN1CCN(C(=O)C2CCC(c3ccc(C4=Nc5c(N)ncnc5OC4(C)C)cc3)CC2)CC1.